The van der Waals surface area contributed by atoms with Gasteiger partial charge in [-0.1, -0.05) is 183 Å². The third-order valence-corrected chi connectivity index (χ3v) is 9.61. The number of hydrogen-bond acceptors (Lipinski definition) is 2. The first-order valence-corrected chi connectivity index (χ1v) is 17.7. The minimum Gasteiger partial charge on any atom is -0.228 e. The molecule has 8 aromatic rings. The maximum atomic E-state index is 5.17. The van der Waals surface area contributed by atoms with Crippen LogP contribution in [0.4, 0.5) is 0 Å². The molecule has 0 saturated carbocycles. The predicted octanol–water partition coefficient (Wildman–Crippen LogP) is 13.5. The average Bonchev–Trinajstić information content (AvgIpc) is 3.21. The molecule has 0 fully saturated rings. The molecule has 51 heavy (non-hydrogen) atoms. The average molecular weight is 655 g/mol. The van der Waals surface area contributed by atoms with Crippen LogP contribution >= 0.6 is 0 Å². The van der Waals surface area contributed by atoms with Crippen LogP contribution in [0.25, 0.3) is 83.3 Å². The zero-order valence-electron chi connectivity index (χ0n) is 28.9. The van der Waals surface area contributed by atoms with Crippen LogP contribution in [0, 0.1) is 0 Å². The lowest BCUT2D eigenvalue weighted by Gasteiger charge is -2.12. The molecule has 0 aliphatic rings. The number of fused-ring (bicyclic) bond motifs is 2. The Kier molecular flexibility index (Phi) is 8.89. The van der Waals surface area contributed by atoms with Gasteiger partial charge >= 0.3 is 0 Å². The highest BCUT2D eigenvalue weighted by Crippen LogP contribution is 2.34. The quantitative estimate of drug-likeness (QED) is 0.152. The molecule has 0 spiro atoms. The highest BCUT2D eigenvalue weighted by molar-refractivity contribution is 5.98. The maximum Gasteiger partial charge on any atom is 0.160 e. The summed E-state index contributed by atoms with van der Waals surface area (Å²) in [6.45, 7) is 4.24. The molecule has 2 heteroatoms. The normalized spacial score (nSPS) is 11.8. The molecule has 0 atom stereocenters. The second-order valence-electron chi connectivity index (χ2n) is 12.8. The van der Waals surface area contributed by atoms with E-state index in [1.807, 2.05) is 0 Å². The van der Waals surface area contributed by atoms with Crippen molar-refractivity contribution < 1.29 is 0 Å². The van der Waals surface area contributed by atoms with Gasteiger partial charge in [-0.15, -0.1) is 0 Å². The summed E-state index contributed by atoms with van der Waals surface area (Å²) in [4.78, 5) is 10.3. The Morgan fingerprint density at radius 2 is 0.941 bits per heavy atom. The zero-order valence-corrected chi connectivity index (χ0v) is 28.9. The van der Waals surface area contributed by atoms with E-state index < -0.39 is 0 Å². The standard InChI is InChI=1S/C49H38N2/c1-3-5-12-34(4-2)35-21-27-40(28-22-35)47-33-48(41-29-23-38(24-30-41)45-19-10-15-36-13-6-8-17-43(36)45)51-49(50-47)42-31-25-39(26-32-42)46-20-11-16-37-14-7-9-18-44(37)46/h4-33H,3H2,1-2H3/b12-5-,34-4+. The van der Waals surface area contributed by atoms with Crippen molar-refractivity contribution in [3.8, 4) is 56.2 Å². The summed E-state index contributed by atoms with van der Waals surface area (Å²) in [5.41, 5.74) is 12.1. The molecule has 0 aliphatic heterocycles. The van der Waals surface area contributed by atoms with Crippen LogP contribution < -0.4 is 0 Å². The number of benzene rings is 7. The third kappa shape index (κ3) is 6.52. The van der Waals surface area contributed by atoms with Crippen molar-refractivity contribution in [2.24, 2.45) is 0 Å². The Morgan fingerprint density at radius 1 is 0.490 bits per heavy atom. The van der Waals surface area contributed by atoms with Crippen molar-refractivity contribution in [3.63, 3.8) is 0 Å². The highest BCUT2D eigenvalue weighted by Gasteiger charge is 2.13. The molecule has 8 rings (SSSR count). The Morgan fingerprint density at radius 3 is 1.45 bits per heavy atom. The third-order valence-electron chi connectivity index (χ3n) is 9.61. The summed E-state index contributed by atoms with van der Waals surface area (Å²) < 4.78 is 0. The predicted molar refractivity (Wildman–Crippen MR) is 217 cm³/mol. The first-order chi connectivity index (χ1) is 25.2. The van der Waals surface area contributed by atoms with Crippen molar-refractivity contribution in [1.29, 1.82) is 0 Å². The van der Waals surface area contributed by atoms with Crippen molar-refractivity contribution >= 4 is 27.1 Å². The zero-order chi connectivity index (χ0) is 34.6. The van der Waals surface area contributed by atoms with Crippen LogP contribution in [0.3, 0.4) is 0 Å². The molecule has 0 radical (unpaired) electrons. The summed E-state index contributed by atoms with van der Waals surface area (Å²) >= 11 is 0. The number of allylic oxidation sites excluding steroid dienone is 4. The van der Waals surface area contributed by atoms with Gasteiger partial charge in [0.15, 0.2) is 5.82 Å². The topological polar surface area (TPSA) is 25.8 Å². The lowest BCUT2D eigenvalue weighted by atomic mass is 9.96. The number of nitrogens with zero attached hydrogens (tertiary/aromatic N) is 2. The van der Waals surface area contributed by atoms with E-state index in [1.54, 1.807) is 0 Å². The van der Waals surface area contributed by atoms with E-state index in [2.05, 4.69) is 196 Å². The van der Waals surface area contributed by atoms with E-state index in [1.165, 1.54) is 54.9 Å². The van der Waals surface area contributed by atoms with Crippen LogP contribution in [-0.4, -0.2) is 9.97 Å². The lowest BCUT2D eigenvalue weighted by molar-refractivity contribution is 1.18. The van der Waals surface area contributed by atoms with Gasteiger partial charge in [0.1, 0.15) is 0 Å². The van der Waals surface area contributed by atoms with Gasteiger partial charge in [-0.2, -0.15) is 0 Å². The van der Waals surface area contributed by atoms with Gasteiger partial charge in [0, 0.05) is 16.7 Å². The first kappa shape index (κ1) is 31.9. The summed E-state index contributed by atoms with van der Waals surface area (Å²) in [5, 5.41) is 4.97. The number of rotatable bonds is 8. The van der Waals surface area contributed by atoms with E-state index in [0.717, 1.165) is 34.5 Å². The summed E-state index contributed by atoms with van der Waals surface area (Å²) in [5.74, 6) is 0.703. The molecule has 7 aromatic carbocycles. The van der Waals surface area contributed by atoms with E-state index in [-0.39, 0.29) is 0 Å². The highest BCUT2D eigenvalue weighted by atomic mass is 14.9. The minimum absolute atomic E-state index is 0.703. The van der Waals surface area contributed by atoms with Crippen molar-refractivity contribution in [2.45, 2.75) is 20.3 Å². The molecule has 0 unspecified atom stereocenters. The molecular formula is C49H38N2. The van der Waals surface area contributed by atoms with Crippen molar-refractivity contribution in [3.05, 3.63) is 188 Å². The number of aromatic nitrogens is 2. The van der Waals surface area contributed by atoms with Gasteiger partial charge in [0.2, 0.25) is 0 Å². The van der Waals surface area contributed by atoms with Gasteiger partial charge in [0.05, 0.1) is 11.4 Å². The molecule has 1 aromatic heterocycles. The molecule has 2 nitrogen and oxygen atoms in total. The summed E-state index contributed by atoms with van der Waals surface area (Å²) in [7, 11) is 0. The van der Waals surface area contributed by atoms with E-state index in [0.29, 0.717) is 5.82 Å². The SMILES string of the molecule is C/C=C(\C=C/CC)c1ccc(-c2cc(-c3ccc(-c4cccc5ccccc45)cc3)nc(-c3ccc(-c4cccc5ccccc45)cc3)n2)cc1. The first-order valence-electron chi connectivity index (χ1n) is 17.7. The van der Waals surface area contributed by atoms with Crippen LogP contribution in [0.1, 0.15) is 25.8 Å². The Bertz CT molecular complexity index is 2390. The molecular weight excluding hydrogens is 617 g/mol. The molecule has 0 N–H and O–H groups in total. The van der Waals surface area contributed by atoms with Crippen LogP contribution in [-0.2, 0) is 0 Å². The Balaban J connectivity index is 1.19. The minimum atomic E-state index is 0.703. The summed E-state index contributed by atoms with van der Waals surface area (Å²) in [6.07, 6.45) is 7.56. The van der Waals surface area contributed by atoms with Crippen molar-refractivity contribution in [1.82, 2.24) is 9.97 Å². The second kappa shape index (κ2) is 14.2. The monoisotopic (exact) mass is 654 g/mol. The lowest BCUT2D eigenvalue weighted by Crippen LogP contribution is -1.96. The molecule has 0 saturated heterocycles. The molecule has 0 aliphatic carbocycles. The van der Waals surface area contributed by atoms with Crippen LogP contribution in [0.15, 0.2) is 182 Å². The van der Waals surface area contributed by atoms with Crippen molar-refractivity contribution in [2.75, 3.05) is 0 Å². The van der Waals surface area contributed by atoms with Crippen LogP contribution in [0.5, 0.6) is 0 Å². The van der Waals surface area contributed by atoms with Gasteiger partial charge in [-0.05, 0) is 74.3 Å². The Labute approximate surface area is 300 Å². The fourth-order valence-electron chi connectivity index (χ4n) is 6.88. The van der Waals surface area contributed by atoms with E-state index in [9.17, 15) is 0 Å². The smallest absolute Gasteiger partial charge is 0.160 e. The van der Waals surface area contributed by atoms with E-state index >= 15 is 0 Å². The van der Waals surface area contributed by atoms with Gasteiger partial charge in [-0.3, -0.25) is 0 Å². The molecule has 244 valence electrons. The molecule has 0 amide bonds. The summed E-state index contributed by atoms with van der Waals surface area (Å²) in [6, 6.07) is 58.3. The fraction of sp³-hybridized carbons (Fsp3) is 0.0612. The van der Waals surface area contributed by atoms with E-state index in [4.69, 9.17) is 9.97 Å². The fourth-order valence-corrected chi connectivity index (χ4v) is 6.88. The largest absolute Gasteiger partial charge is 0.228 e. The van der Waals surface area contributed by atoms with Gasteiger partial charge in [0.25, 0.3) is 0 Å². The second-order valence-corrected chi connectivity index (χ2v) is 12.8. The maximum absolute atomic E-state index is 5.17. The molecule has 1 heterocycles. The number of hydrogen-bond donors (Lipinski definition) is 0. The van der Waals surface area contributed by atoms with Gasteiger partial charge in [-0.25, -0.2) is 9.97 Å². The Hall–Kier alpha value is -6.38. The van der Waals surface area contributed by atoms with Crippen LogP contribution in [0.2, 0.25) is 0 Å². The van der Waals surface area contributed by atoms with Gasteiger partial charge < -0.3 is 0 Å². The molecule has 0 bridgehead atoms.